The minimum atomic E-state index is -0.995. The molecule has 2 rings (SSSR count). The van der Waals surface area contributed by atoms with E-state index in [-0.39, 0.29) is 22.8 Å². The molecule has 0 aromatic heterocycles. The van der Waals surface area contributed by atoms with E-state index in [1.54, 1.807) is 0 Å². The average molecular weight is 355 g/mol. The first-order chi connectivity index (χ1) is 10.9. The number of nitro groups is 1. The summed E-state index contributed by atoms with van der Waals surface area (Å²) < 4.78 is 0. The van der Waals surface area contributed by atoms with E-state index in [9.17, 15) is 20.0 Å². The van der Waals surface area contributed by atoms with E-state index in [0.29, 0.717) is 10.6 Å². The minimum Gasteiger partial charge on any atom is -0.387 e. The van der Waals surface area contributed by atoms with Gasteiger partial charge in [0.05, 0.1) is 21.6 Å². The zero-order valence-corrected chi connectivity index (χ0v) is 13.2. The third-order valence-corrected chi connectivity index (χ3v) is 3.67. The lowest BCUT2D eigenvalue weighted by atomic mass is 10.1. The lowest BCUT2D eigenvalue weighted by molar-refractivity contribution is -0.384. The van der Waals surface area contributed by atoms with Crippen molar-refractivity contribution in [2.24, 2.45) is 0 Å². The maximum Gasteiger partial charge on any atom is 0.269 e. The summed E-state index contributed by atoms with van der Waals surface area (Å²) in [6.07, 6.45) is -0.995. The highest BCUT2D eigenvalue weighted by Gasteiger charge is 2.14. The molecule has 6 nitrogen and oxygen atoms in total. The normalized spacial score (nSPS) is 11.8. The topological polar surface area (TPSA) is 92.5 Å². The Hall–Kier alpha value is -2.15. The molecule has 1 atom stereocenters. The predicted molar refractivity (Wildman–Crippen MR) is 86.9 cm³/mol. The van der Waals surface area contributed by atoms with Crippen molar-refractivity contribution in [1.29, 1.82) is 0 Å². The summed E-state index contributed by atoms with van der Waals surface area (Å²) in [5.74, 6) is -0.451. The van der Waals surface area contributed by atoms with Crippen molar-refractivity contribution >= 4 is 34.8 Å². The van der Waals surface area contributed by atoms with Crippen LogP contribution in [0.15, 0.2) is 42.5 Å². The molecule has 0 fully saturated rings. The average Bonchev–Trinajstić information content (AvgIpc) is 2.52. The molecule has 0 saturated carbocycles. The monoisotopic (exact) mass is 354 g/mol. The van der Waals surface area contributed by atoms with E-state index < -0.39 is 16.9 Å². The van der Waals surface area contributed by atoms with Gasteiger partial charge in [-0.1, -0.05) is 23.2 Å². The van der Waals surface area contributed by atoms with Crippen LogP contribution in [0.3, 0.4) is 0 Å². The van der Waals surface area contributed by atoms with Gasteiger partial charge in [-0.25, -0.2) is 0 Å². The van der Waals surface area contributed by atoms with Crippen molar-refractivity contribution in [2.75, 3.05) is 6.54 Å². The molecule has 2 N–H and O–H groups in total. The first-order valence-corrected chi connectivity index (χ1v) is 7.29. The van der Waals surface area contributed by atoms with Gasteiger partial charge in [0, 0.05) is 23.7 Å². The van der Waals surface area contributed by atoms with Crippen LogP contribution in [-0.4, -0.2) is 22.5 Å². The van der Waals surface area contributed by atoms with Crippen molar-refractivity contribution in [3.63, 3.8) is 0 Å². The van der Waals surface area contributed by atoms with Gasteiger partial charge in [-0.15, -0.1) is 0 Å². The molecular weight excluding hydrogens is 343 g/mol. The molecule has 0 spiro atoms. The molecule has 23 heavy (non-hydrogen) atoms. The third-order valence-electron chi connectivity index (χ3n) is 3.12. The predicted octanol–water partition coefficient (Wildman–Crippen LogP) is 3.37. The molecule has 0 aliphatic rings. The standard InChI is InChI=1S/C15H12Cl2N2O4/c16-10-3-6-12(13(17)7-10)15(21)18-8-14(20)9-1-4-11(5-2-9)19(22)23/h1-7,14,20H,8H2,(H,18,21). The van der Waals surface area contributed by atoms with Crippen LogP contribution >= 0.6 is 23.2 Å². The quantitative estimate of drug-likeness (QED) is 0.635. The van der Waals surface area contributed by atoms with Gasteiger partial charge < -0.3 is 10.4 Å². The van der Waals surface area contributed by atoms with Crippen LogP contribution in [0, 0.1) is 10.1 Å². The van der Waals surface area contributed by atoms with Crippen LogP contribution < -0.4 is 5.32 Å². The number of halogens is 2. The number of benzene rings is 2. The van der Waals surface area contributed by atoms with Crippen molar-refractivity contribution in [1.82, 2.24) is 5.32 Å². The van der Waals surface area contributed by atoms with Gasteiger partial charge in [0.25, 0.3) is 11.6 Å². The van der Waals surface area contributed by atoms with Crippen LogP contribution in [0.25, 0.3) is 0 Å². The number of nitrogens with one attached hydrogen (secondary N) is 1. The minimum absolute atomic E-state index is 0.0599. The number of hydrogen-bond donors (Lipinski definition) is 2. The fraction of sp³-hybridized carbons (Fsp3) is 0.133. The Bertz CT molecular complexity index is 735. The summed E-state index contributed by atoms with van der Waals surface area (Å²) in [5, 5.41) is 23.8. The molecule has 120 valence electrons. The van der Waals surface area contributed by atoms with E-state index in [1.807, 2.05) is 0 Å². The molecular formula is C15H12Cl2N2O4. The lowest BCUT2D eigenvalue weighted by Crippen LogP contribution is -2.28. The first-order valence-electron chi connectivity index (χ1n) is 6.54. The number of aliphatic hydroxyl groups is 1. The van der Waals surface area contributed by atoms with Crippen LogP contribution in [0.4, 0.5) is 5.69 Å². The number of amides is 1. The smallest absolute Gasteiger partial charge is 0.269 e. The number of non-ortho nitro benzene ring substituents is 1. The highest BCUT2D eigenvalue weighted by Crippen LogP contribution is 2.21. The Morgan fingerprint density at radius 1 is 1.22 bits per heavy atom. The third kappa shape index (κ3) is 4.41. The second-order valence-corrected chi connectivity index (χ2v) is 5.54. The number of nitro benzene ring substituents is 1. The number of nitrogens with zero attached hydrogens (tertiary/aromatic N) is 1. The lowest BCUT2D eigenvalue weighted by Gasteiger charge is -2.13. The second-order valence-electron chi connectivity index (χ2n) is 4.70. The number of carbonyl (C=O) groups excluding carboxylic acids is 1. The van der Waals surface area contributed by atoms with Gasteiger partial charge in [-0.2, -0.15) is 0 Å². The van der Waals surface area contributed by atoms with E-state index in [2.05, 4.69) is 5.32 Å². The zero-order valence-electron chi connectivity index (χ0n) is 11.7. The Labute approximate surface area is 141 Å². The second kappa shape index (κ2) is 7.41. The van der Waals surface area contributed by atoms with E-state index in [0.717, 1.165) is 0 Å². The molecule has 1 amide bonds. The van der Waals surface area contributed by atoms with Crippen molar-refractivity contribution in [2.45, 2.75) is 6.10 Å². The van der Waals surface area contributed by atoms with Crippen LogP contribution in [0.5, 0.6) is 0 Å². The van der Waals surface area contributed by atoms with Gasteiger partial charge in [-0.05, 0) is 35.9 Å². The van der Waals surface area contributed by atoms with Gasteiger partial charge in [0.2, 0.25) is 0 Å². The summed E-state index contributed by atoms with van der Waals surface area (Å²) in [4.78, 5) is 22.1. The Balaban J connectivity index is 1.99. The van der Waals surface area contributed by atoms with E-state index in [1.165, 1.54) is 42.5 Å². The summed E-state index contributed by atoms with van der Waals surface area (Å²) in [5.41, 5.74) is 0.628. The molecule has 0 heterocycles. The van der Waals surface area contributed by atoms with Gasteiger partial charge >= 0.3 is 0 Å². The number of carbonyl (C=O) groups is 1. The van der Waals surface area contributed by atoms with Crippen LogP contribution in [0.1, 0.15) is 22.0 Å². The fourth-order valence-corrected chi connectivity index (χ4v) is 2.39. The van der Waals surface area contributed by atoms with Crippen molar-refractivity contribution in [3.8, 4) is 0 Å². The molecule has 8 heteroatoms. The Morgan fingerprint density at radius 2 is 1.87 bits per heavy atom. The molecule has 2 aromatic carbocycles. The van der Waals surface area contributed by atoms with Crippen molar-refractivity contribution in [3.05, 3.63) is 73.8 Å². The first kappa shape index (κ1) is 17.2. The molecule has 0 radical (unpaired) electrons. The van der Waals surface area contributed by atoms with E-state index >= 15 is 0 Å². The van der Waals surface area contributed by atoms with E-state index in [4.69, 9.17) is 23.2 Å². The van der Waals surface area contributed by atoms with Crippen molar-refractivity contribution < 1.29 is 14.8 Å². The molecule has 0 bridgehead atoms. The SMILES string of the molecule is O=C(NCC(O)c1ccc([N+](=O)[O-])cc1)c1ccc(Cl)cc1Cl. The maximum absolute atomic E-state index is 12.0. The molecule has 0 aliphatic carbocycles. The molecule has 2 aromatic rings. The summed E-state index contributed by atoms with van der Waals surface area (Å²) in [7, 11) is 0. The zero-order chi connectivity index (χ0) is 17.0. The summed E-state index contributed by atoms with van der Waals surface area (Å²) in [6.45, 7) is -0.0599. The van der Waals surface area contributed by atoms with Crippen LogP contribution in [-0.2, 0) is 0 Å². The Kier molecular flexibility index (Phi) is 5.54. The summed E-state index contributed by atoms with van der Waals surface area (Å²) >= 11 is 11.7. The fourth-order valence-electron chi connectivity index (χ4n) is 1.89. The number of aliphatic hydroxyl groups excluding tert-OH is 1. The van der Waals surface area contributed by atoms with Gasteiger partial charge in [-0.3, -0.25) is 14.9 Å². The highest BCUT2D eigenvalue weighted by molar-refractivity contribution is 6.36. The van der Waals surface area contributed by atoms with Crippen LogP contribution in [0.2, 0.25) is 10.0 Å². The number of rotatable bonds is 5. The van der Waals surface area contributed by atoms with Gasteiger partial charge in [0.15, 0.2) is 0 Å². The highest BCUT2D eigenvalue weighted by atomic mass is 35.5. The van der Waals surface area contributed by atoms with Gasteiger partial charge in [0.1, 0.15) is 0 Å². The number of hydrogen-bond acceptors (Lipinski definition) is 4. The molecule has 1 unspecified atom stereocenters. The molecule has 0 saturated heterocycles. The summed E-state index contributed by atoms with van der Waals surface area (Å²) in [6, 6.07) is 9.92. The Morgan fingerprint density at radius 3 is 2.43 bits per heavy atom. The maximum atomic E-state index is 12.0. The molecule has 0 aliphatic heterocycles. The largest absolute Gasteiger partial charge is 0.387 e.